The molecule has 6 rings (SSSR count). The quantitative estimate of drug-likeness (QED) is 0.126. The topological polar surface area (TPSA) is 18.5 Å². The van der Waals surface area contributed by atoms with Gasteiger partial charge in [-0.25, -0.2) is 0 Å². The van der Waals surface area contributed by atoms with E-state index in [0.29, 0.717) is 0 Å². The molecule has 0 aliphatic carbocycles. The van der Waals surface area contributed by atoms with Crippen molar-refractivity contribution in [2.45, 2.75) is 12.2 Å². The molecule has 2 nitrogen and oxygen atoms in total. The van der Waals surface area contributed by atoms with Crippen molar-refractivity contribution in [2.24, 2.45) is 0 Å². The summed E-state index contributed by atoms with van der Waals surface area (Å²) in [4.78, 5) is 0. The Bertz CT molecular complexity index is 1650. The van der Waals surface area contributed by atoms with Crippen LogP contribution in [0.2, 0.25) is 0 Å². The van der Waals surface area contributed by atoms with Gasteiger partial charge in [0.2, 0.25) is 0 Å². The molecule has 200 valence electrons. The van der Waals surface area contributed by atoms with Crippen LogP contribution in [0.25, 0.3) is 21.5 Å². The van der Waals surface area contributed by atoms with Crippen LogP contribution in [0, 0.1) is 0 Å². The van der Waals surface area contributed by atoms with Crippen molar-refractivity contribution < 1.29 is 8.85 Å². The van der Waals surface area contributed by atoms with Gasteiger partial charge < -0.3 is 8.85 Å². The lowest BCUT2D eigenvalue weighted by molar-refractivity contribution is 0.135. The van der Waals surface area contributed by atoms with Crippen LogP contribution in [-0.4, -0.2) is 8.56 Å². The van der Waals surface area contributed by atoms with Gasteiger partial charge in [-0.15, -0.1) is 13.2 Å². The highest BCUT2D eigenvalue weighted by Crippen LogP contribution is 2.34. The van der Waals surface area contributed by atoms with E-state index in [9.17, 15) is 0 Å². The maximum absolute atomic E-state index is 7.37. The van der Waals surface area contributed by atoms with Gasteiger partial charge in [-0.05, 0) is 43.0 Å². The molecule has 0 saturated carbocycles. The molecule has 0 saturated heterocycles. The van der Waals surface area contributed by atoms with Gasteiger partial charge in [0.05, 0.1) is 12.2 Å². The van der Waals surface area contributed by atoms with Gasteiger partial charge in [0.15, 0.2) is 0 Å². The molecule has 0 spiro atoms. The minimum absolute atomic E-state index is 0.411. The maximum Gasteiger partial charge on any atom is 0.408 e. The van der Waals surface area contributed by atoms with Crippen LogP contribution < -0.4 is 10.4 Å². The molecule has 0 aliphatic heterocycles. The molecule has 0 radical (unpaired) electrons. The second-order valence-corrected chi connectivity index (χ2v) is 12.9. The average Bonchev–Trinajstić information content (AvgIpc) is 3.05. The average molecular weight is 549 g/mol. The lowest BCUT2D eigenvalue weighted by Crippen LogP contribution is -2.64. The lowest BCUT2D eigenvalue weighted by Gasteiger charge is -2.37. The van der Waals surface area contributed by atoms with Crippen LogP contribution in [0.4, 0.5) is 0 Å². The standard InChI is InChI=1S/C38H32O2Si/c1-3-37(35-27-15-19-29-17-11-13-25-33(29)35)39-41(31-21-7-5-8-22-31,32-23-9-6-10-24-32)40-38(4-2)36-28-16-20-30-18-12-14-26-34(30)36/h3-28,37-38H,1-2H2/t37-,38-/m1/s1. The van der Waals surface area contributed by atoms with E-state index in [1.807, 2.05) is 24.3 Å². The predicted molar refractivity (Wildman–Crippen MR) is 174 cm³/mol. The molecule has 6 aromatic carbocycles. The van der Waals surface area contributed by atoms with Crippen molar-refractivity contribution in [3.63, 3.8) is 0 Å². The third-order valence-corrected chi connectivity index (χ3v) is 10.9. The van der Waals surface area contributed by atoms with Crippen LogP contribution in [0.3, 0.4) is 0 Å². The fourth-order valence-corrected chi connectivity index (χ4v) is 8.97. The van der Waals surface area contributed by atoms with Crippen LogP contribution >= 0.6 is 0 Å². The normalized spacial score (nSPS) is 13.1. The Morgan fingerprint density at radius 3 is 1.22 bits per heavy atom. The fraction of sp³-hybridized carbons (Fsp3) is 0.0526. The van der Waals surface area contributed by atoms with Gasteiger partial charge in [0, 0.05) is 0 Å². The Hall–Kier alpha value is -4.54. The molecular formula is C38H32O2Si. The maximum atomic E-state index is 7.37. The lowest BCUT2D eigenvalue weighted by atomic mass is 10.0. The molecule has 0 amide bonds. The Morgan fingerprint density at radius 1 is 0.439 bits per heavy atom. The van der Waals surface area contributed by atoms with E-state index in [1.165, 1.54) is 0 Å². The van der Waals surface area contributed by atoms with Gasteiger partial charge in [0.1, 0.15) is 0 Å². The minimum Gasteiger partial charge on any atom is -0.377 e. The summed E-state index contributed by atoms with van der Waals surface area (Å²) in [5.74, 6) is 0. The zero-order valence-corrected chi connectivity index (χ0v) is 23.9. The highest BCUT2D eigenvalue weighted by atomic mass is 28.4. The number of fused-ring (bicyclic) bond motifs is 2. The molecule has 0 N–H and O–H groups in total. The molecule has 41 heavy (non-hydrogen) atoms. The van der Waals surface area contributed by atoms with Gasteiger partial charge in [-0.3, -0.25) is 0 Å². The molecule has 0 unspecified atom stereocenters. The molecule has 3 heteroatoms. The first-order chi connectivity index (χ1) is 20.2. The fourth-order valence-electron chi connectivity index (χ4n) is 5.61. The third kappa shape index (κ3) is 5.19. The van der Waals surface area contributed by atoms with E-state index in [4.69, 9.17) is 8.85 Å². The Labute approximate surface area is 243 Å². The first-order valence-electron chi connectivity index (χ1n) is 13.9. The summed E-state index contributed by atoms with van der Waals surface area (Å²) >= 11 is 0. The second kappa shape index (κ2) is 11.9. The molecule has 0 heterocycles. The molecule has 0 aromatic heterocycles. The summed E-state index contributed by atoms with van der Waals surface area (Å²) in [6, 6.07) is 50.2. The van der Waals surface area contributed by atoms with E-state index >= 15 is 0 Å². The zero-order valence-electron chi connectivity index (χ0n) is 22.9. The zero-order chi connectivity index (χ0) is 28.1. The van der Waals surface area contributed by atoms with Crippen LogP contribution in [0.15, 0.2) is 171 Å². The van der Waals surface area contributed by atoms with E-state index in [0.717, 1.165) is 43.0 Å². The Balaban J connectivity index is 1.55. The number of hydrogen-bond donors (Lipinski definition) is 0. The van der Waals surface area contributed by atoms with E-state index in [1.54, 1.807) is 0 Å². The molecule has 0 fully saturated rings. The predicted octanol–water partition coefficient (Wildman–Crippen LogP) is 8.44. The van der Waals surface area contributed by atoms with Crippen molar-refractivity contribution in [3.05, 3.63) is 182 Å². The number of rotatable bonds is 10. The van der Waals surface area contributed by atoms with E-state index in [-0.39, 0.29) is 0 Å². The van der Waals surface area contributed by atoms with Crippen molar-refractivity contribution in [1.82, 2.24) is 0 Å². The Kier molecular flexibility index (Phi) is 7.75. The highest BCUT2D eigenvalue weighted by molar-refractivity contribution is 6.92. The molecule has 0 aliphatic rings. The van der Waals surface area contributed by atoms with Gasteiger partial charge >= 0.3 is 8.56 Å². The van der Waals surface area contributed by atoms with Crippen LogP contribution in [-0.2, 0) is 8.85 Å². The first kappa shape index (κ1) is 26.7. The van der Waals surface area contributed by atoms with Gasteiger partial charge in [-0.2, -0.15) is 0 Å². The Morgan fingerprint density at radius 2 is 0.805 bits per heavy atom. The van der Waals surface area contributed by atoms with E-state index < -0.39 is 20.8 Å². The molecule has 2 atom stereocenters. The smallest absolute Gasteiger partial charge is 0.377 e. The summed E-state index contributed by atoms with van der Waals surface area (Å²) in [5.41, 5.74) is 2.12. The number of benzene rings is 6. The largest absolute Gasteiger partial charge is 0.408 e. The summed E-state index contributed by atoms with van der Waals surface area (Å²) in [5, 5.41) is 6.63. The summed E-state index contributed by atoms with van der Waals surface area (Å²) in [6.07, 6.45) is 2.96. The summed E-state index contributed by atoms with van der Waals surface area (Å²) < 4.78 is 14.7. The molecule has 6 aromatic rings. The first-order valence-corrected chi connectivity index (χ1v) is 15.7. The van der Waals surface area contributed by atoms with Gasteiger partial charge in [-0.1, -0.05) is 158 Å². The van der Waals surface area contributed by atoms with Crippen molar-refractivity contribution in [1.29, 1.82) is 0 Å². The van der Waals surface area contributed by atoms with Crippen molar-refractivity contribution >= 4 is 40.5 Å². The second-order valence-electron chi connectivity index (χ2n) is 10.0. The van der Waals surface area contributed by atoms with Crippen molar-refractivity contribution in [3.8, 4) is 0 Å². The monoisotopic (exact) mass is 548 g/mol. The summed E-state index contributed by atoms with van der Waals surface area (Å²) in [7, 11) is -3.40. The molecular weight excluding hydrogens is 517 g/mol. The van der Waals surface area contributed by atoms with Crippen LogP contribution in [0.5, 0.6) is 0 Å². The highest BCUT2D eigenvalue weighted by Gasteiger charge is 2.46. The molecule has 0 bridgehead atoms. The minimum atomic E-state index is -3.40. The number of hydrogen-bond acceptors (Lipinski definition) is 2. The van der Waals surface area contributed by atoms with Crippen molar-refractivity contribution in [2.75, 3.05) is 0 Å². The van der Waals surface area contributed by atoms with E-state index in [2.05, 4.69) is 147 Å². The van der Waals surface area contributed by atoms with Crippen LogP contribution in [0.1, 0.15) is 23.3 Å². The third-order valence-electron chi connectivity index (χ3n) is 7.58. The summed E-state index contributed by atoms with van der Waals surface area (Å²) in [6.45, 7) is 8.47. The SMILES string of the molecule is C=C[C@@H](O[Si](O[C@H](C=C)c1cccc2ccccc12)(c1ccccc1)c1ccccc1)c1cccc2ccccc12. The van der Waals surface area contributed by atoms with Gasteiger partial charge in [0.25, 0.3) is 0 Å².